The minimum atomic E-state index is -0.343. The molecule has 0 radical (unpaired) electrons. The highest BCUT2D eigenvalue weighted by molar-refractivity contribution is 6.30. The van der Waals surface area contributed by atoms with Gasteiger partial charge in [0.25, 0.3) is 0 Å². The van der Waals surface area contributed by atoms with Crippen LogP contribution in [0, 0.1) is 6.92 Å². The number of hydrogen-bond acceptors (Lipinski definition) is 3. The van der Waals surface area contributed by atoms with E-state index in [1.54, 1.807) is 12.3 Å². The lowest BCUT2D eigenvalue weighted by Gasteiger charge is -2.11. The van der Waals surface area contributed by atoms with Gasteiger partial charge in [0.2, 0.25) is 0 Å². The van der Waals surface area contributed by atoms with Gasteiger partial charge in [0.05, 0.1) is 11.9 Å². The molecule has 5 nitrogen and oxygen atoms in total. The van der Waals surface area contributed by atoms with E-state index in [0.717, 1.165) is 22.6 Å². The third-order valence-corrected chi connectivity index (χ3v) is 3.75. The Balaban J connectivity index is 1.62. The van der Waals surface area contributed by atoms with Crippen LogP contribution in [0.2, 0.25) is 5.02 Å². The monoisotopic (exact) mass is 352 g/mol. The molecule has 0 aliphatic rings. The molecule has 0 atom stereocenters. The van der Waals surface area contributed by atoms with E-state index in [1.807, 2.05) is 61.5 Å². The number of carbonyl (C=O) groups is 1. The van der Waals surface area contributed by atoms with E-state index >= 15 is 0 Å². The molecule has 0 saturated heterocycles. The molecule has 3 rings (SSSR count). The highest BCUT2D eigenvalue weighted by Gasteiger charge is 2.04. The summed E-state index contributed by atoms with van der Waals surface area (Å²) in [4.78, 5) is 16.2. The van der Waals surface area contributed by atoms with Gasteiger partial charge in [-0.15, -0.1) is 0 Å². The highest BCUT2D eigenvalue weighted by Crippen LogP contribution is 2.24. The van der Waals surface area contributed by atoms with E-state index in [9.17, 15) is 4.79 Å². The minimum absolute atomic E-state index is 0.343. The normalized spacial score (nSPS) is 10.2. The molecule has 0 bridgehead atoms. The quantitative estimate of drug-likeness (QED) is 0.586. The van der Waals surface area contributed by atoms with E-state index < -0.39 is 0 Å². The highest BCUT2D eigenvalue weighted by atomic mass is 35.5. The number of amides is 2. The van der Waals surface area contributed by atoms with Crippen molar-refractivity contribution in [2.45, 2.75) is 6.92 Å². The third-order valence-electron chi connectivity index (χ3n) is 3.52. The molecule has 2 aromatic carbocycles. The van der Waals surface area contributed by atoms with Crippen molar-refractivity contribution >= 4 is 40.5 Å². The number of benzene rings is 2. The van der Waals surface area contributed by atoms with Crippen LogP contribution in [-0.2, 0) is 0 Å². The predicted octanol–water partition coefficient (Wildman–Crippen LogP) is 5.43. The van der Waals surface area contributed by atoms with Crippen LogP contribution in [0.5, 0.6) is 0 Å². The maximum Gasteiger partial charge on any atom is 0.324 e. The smallest absolute Gasteiger partial charge is 0.324 e. The summed E-state index contributed by atoms with van der Waals surface area (Å²) >= 11 is 6.02. The zero-order valence-corrected chi connectivity index (χ0v) is 14.3. The summed E-state index contributed by atoms with van der Waals surface area (Å²) in [7, 11) is 0. The average molecular weight is 353 g/mol. The summed E-state index contributed by atoms with van der Waals surface area (Å²) in [5.41, 5.74) is 3.51. The average Bonchev–Trinajstić information content (AvgIpc) is 2.61. The fourth-order valence-corrected chi connectivity index (χ4v) is 2.40. The molecule has 2 amide bonds. The SMILES string of the molecule is Cc1ccc(Cl)cc1Nc1ccc(NC(=O)Nc2ccccc2)nc1. The zero-order chi connectivity index (χ0) is 17.6. The van der Waals surface area contributed by atoms with Crippen LogP contribution in [0.1, 0.15) is 5.56 Å². The Morgan fingerprint density at radius 2 is 1.76 bits per heavy atom. The number of aromatic nitrogens is 1. The number of anilines is 4. The van der Waals surface area contributed by atoms with Crippen LogP contribution >= 0.6 is 11.6 Å². The molecule has 1 aromatic heterocycles. The summed E-state index contributed by atoms with van der Waals surface area (Å²) < 4.78 is 0. The Bertz CT molecular complexity index is 866. The van der Waals surface area contributed by atoms with E-state index in [2.05, 4.69) is 20.9 Å². The van der Waals surface area contributed by atoms with Crippen molar-refractivity contribution < 1.29 is 4.79 Å². The number of para-hydroxylation sites is 1. The lowest BCUT2D eigenvalue weighted by Crippen LogP contribution is -2.19. The van der Waals surface area contributed by atoms with Crippen LogP contribution in [0.3, 0.4) is 0 Å². The topological polar surface area (TPSA) is 66.0 Å². The Morgan fingerprint density at radius 1 is 0.960 bits per heavy atom. The van der Waals surface area contributed by atoms with Gasteiger partial charge in [0.15, 0.2) is 0 Å². The molecule has 0 unspecified atom stereocenters. The molecular formula is C19H17ClN4O. The fraction of sp³-hybridized carbons (Fsp3) is 0.0526. The van der Waals surface area contributed by atoms with Gasteiger partial charge in [-0.1, -0.05) is 35.9 Å². The van der Waals surface area contributed by atoms with Gasteiger partial charge >= 0.3 is 6.03 Å². The van der Waals surface area contributed by atoms with Gasteiger partial charge in [0.1, 0.15) is 5.82 Å². The van der Waals surface area contributed by atoms with Gasteiger partial charge in [-0.25, -0.2) is 9.78 Å². The van der Waals surface area contributed by atoms with Crippen molar-refractivity contribution in [1.82, 2.24) is 4.98 Å². The summed E-state index contributed by atoms with van der Waals surface area (Å²) in [6, 6.07) is 18.1. The molecule has 0 aliphatic carbocycles. The predicted molar refractivity (Wildman–Crippen MR) is 103 cm³/mol. The standard InChI is InChI=1S/C19H17ClN4O/c1-13-7-8-14(20)11-17(13)22-16-9-10-18(21-12-16)24-19(25)23-15-5-3-2-4-6-15/h2-12,22H,1H3,(H2,21,23,24,25). The van der Waals surface area contributed by atoms with Gasteiger partial charge in [-0.05, 0) is 48.9 Å². The first-order valence-corrected chi connectivity index (χ1v) is 8.10. The van der Waals surface area contributed by atoms with Crippen molar-refractivity contribution in [1.29, 1.82) is 0 Å². The number of carbonyl (C=O) groups excluding carboxylic acids is 1. The largest absolute Gasteiger partial charge is 0.354 e. The van der Waals surface area contributed by atoms with Crippen molar-refractivity contribution in [3.63, 3.8) is 0 Å². The maximum absolute atomic E-state index is 11.9. The van der Waals surface area contributed by atoms with Gasteiger partial charge < -0.3 is 10.6 Å². The number of hydrogen-bond donors (Lipinski definition) is 3. The van der Waals surface area contributed by atoms with Crippen LogP contribution < -0.4 is 16.0 Å². The van der Waals surface area contributed by atoms with Crippen LogP contribution in [0.4, 0.5) is 27.7 Å². The zero-order valence-electron chi connectivity index (χ0n) is 13.6. The summed E-state index contributed by atoms with van der Waals surface area (Å²) in [5.74, 6) is 0.460. The summed E-state index contributed by atoms with van der Waals surface area (Å²) in [5, 5.41) is 9.35. The number of urea groups is 1. The van der Waals surface area contributed by atoms with Crippen molar-refractivity contribution in [3.8, 4) is 0 Å². The van der Waals surface area contributed by atoms with Crippen molar-refractivity contribution in [3.05, 3.63) is 77.4 Å². The molecule has 0 fully saturated rings. The molecule has 0 saturated carbocycles. The first-order chi connectivity index (χ1) is 12.1. The summed E-state index contributed by atoms with van der Waals surface area (Å²) in [6.45, 7) is 2.00. The van der Waals surface area contributed by atoms with E-state index in [1.165, 1.54) is 0 Å². The Kier molecular flexibility index (Phi) is 5.16. The maximum atomic E-state index is 11.9. The second-order valence-corrected chi connectivity index (χ2v) is 5.90. The lowest BCUT2D eigenvalue weighted by molar-refractivity contribution is 0.262. The third kappa shape index (κ3) is 4.71. The molecule has 25 heavy (non-hydrogen) atoms. The number of rotatable bonds is 4. The Morgan fingerprint density at radius 3 is 2.48 bits per heavy atom. The molecule has 6 heteroatoms. The number of halogens is 1. The van der Waals surface area contributed by atoms with Crippen LogP contribution in [0.15, 0.2) is 66.9 Å². The minimum Gasteiger partial charge on any atom is -0.354 e. The molecule has 0 spiro atoms. The summed E-state index contributed by atoms with van der Waals surface area (Å²) in [6.07, 6.45) is 1.65. The fourth-order valence-electron chi connectivity index (χ4n) is 2.23. The van der Waals surface area contributed by atoms with Crippen LogP contribution in [-0.4, -0.2) is 11.0 Å². The first kappa shape index (κ1) is 16.8. The van der Waals surface area contributed by atoms with Crippen molar-refractivity contribution in [2.75, 3.05) is 16.0 Å². The Labute approximate surface area is 151 Å². The number of nitrogens with zero attached hydrogens (tertiary/aromatic N) is 1. The molecule has 126 valence electrons. The molecule has 3 aromatic rings. The van der Waals surface area contributed by atoms with E-state index in [0.29, 0.717) is 10.8 Å². The Hall–Kier alpha value is -3.05. The lowest BCUT2D eigenvalue weighted by atomic mass is 10.2. The number of aryl methyl sites for hydroxylation is 1. The number of nitrogens with one attached hydrogen (secondary N) is 3. The van der Waals surface area contributed by atoms with Gasteiger partial charge in [0, 0.05) is 16.4 Å². The van der Waals surface area contributed by atoms with Crippen LogP contribution in [0.25, 0.3) is 0 Å². The second-order valence-electron chi connectivity index (χ2n) is 5.46. The molecule has 1 heterocycles. The molecule has 0 aliphatic heterocycles. The first-order valence-electron chi connectivity index (χ1n) is 7.72. The van der Waals surface area contributed by atoms with Crippen molar-refractivity contribution in [2.24, 2.45) is 0 Å². The number of pyridine rings is 1. The van der Waals surface area contributed by atoms with E-state index in [4.69, 9.17) is 11.6 Å². The van der Waals surface area contributed by atoms with Gasteiger partial charge in [-0.2, -0.15) is 0 Å². The van der Waals surface area contributed by atoms with E-state index in [-0.39, 0.29) is 6.03 Å². The second kappa shape index (κ2) is 7.68. The van der Waals surface area contributed by atoms with Gasteiger partial charge in [-0.3, -0.25) is 5.32 Å². The molecule has 3 N–H and O–H groups in total. The molecular weight excluding hydrogens is 336 g/mol.